The quantitative estimate of drug-likeness (QED) is 0.251. The van der Waals surface area contributed by atoms with Gasteiger partial charge in [0.1, 0.15) is 5.75 Å². The third kappa shape index (κ3) is 10.2. The van der Waals surface area contributed by atoms with Crippen molar-refractivity contribution in [1.29, 1.82) is 0 Å². The summed E-state index contributed by atoms with van der Waals surface area (Å²) in [6.07, 6.45) is 13.6. The molecule has 0 unspecified atom stereocenters. The van der Waals surface area contributed by atoms with Crippen LogP contribution in [-0.2, 0) is 0 Å². The number of ether oxygens (including phenoxy) is 1. The molecule has 0 aliphatic heterocycles. The Bertz CT molecular complexity index is 607. The number of thiol groups is 1. The summed E-state index contributed by atoms with van der Waals surface area (Å²) in [7, 11) is 0. The molecule has 0 aliphatic rings. The summed E-state index contributed by atoms with van der Waals surface area (Å²) >= 11 is 6.09. The molecular weight excluding hydrogens is 368 g/mol. The molecule has 3 heteroatoms. The molecular formula is C24H34OS2. The lowest BCUT2D eigenvalue weighted by molar-refractivity contribution is 0.304. The minimum absolute atomic E-state index is 0.826. The van der Waals surface area contributed by atoms with E-state index in [0.717, 1.165) is 23.7 Å². The minimum atomic E-state index is 0.826. The van der Waals surface area contributed by atoms with E-state index in [-0.39, 0.29) is 0 Å². The molecule has 2 aromatic carbocycles. The number of hydrogen-bond donors (Lipinski definition) is 1. The van der Waals surface area contributed by atoms with Gasteiger partial charge in [-0.2, -0.15) is 0 Å². The van der Waals surface area contributed by atoms with Gasteiger partial charge in [0, 0.05) is 14.7 Å². The molecule has 27 heavy (non-hydrogen) atoms. The summed E-state index contributed by atoms with van der Waals surface area (Å²) in [6, 6.07) is 16.7. The Morgan fingerprint density at radius 2 is 1.15 bits per heavy atom. The van der Waals surface area contributed by atoms with Crippen LogP contribution >= 0.6 is 24.4 Å². The van der Waals surface area contributed by atoms with E-state index in [1.807, 2.05) is 12.1 Å². The zero-order valence-corrected chi connectivity index (χ0v) is 18.4. The van der Waals surface area contributed by atoms with E-state index in [2.05, 4.69) is 56.0 Å². The maximum Gasteiger partial charge on any atom is 0.119 e. The highest BCUT2D eigenvalue weighted by atomic mass is 32.2. The number of hydrogen-bond acceptors (Lipinski definition) is 3. The number of benzene rings is 2. The second-order valence-corrected chi connectivity index (χ2v) is 8.76. The SMILES string of the molecule is CCCCCCCCCCCCOc1ccc(Sc2ccc(S)cc2)cc1. The summed E-state index contributed by atoms with van der Waals surface area (Å²) in [5.74, 6) is 0.973. The second-order valence-electron chi connectivity index (χ2n) is 7.10. The van der Waals surface area contributed by atoms with E-state index < -0.39 is 0 Å². The highest BCUT2D eigenvalue weighted by molar-refractivity contribution is 7.99. The van der Waals surface area contributed by atoms with Crippen molar-refractivity contribution in [3.8, 4) is 5.75 Å². The van der Waals surface area contributed by atoms with Gasteiger partial charge in [0.05, 0.1) is 6.61 Å². The summed E-state index contributed by atoms with van der Waals surface area (Å²) in [6.45, 7) is 3.10. The first-order valence-corrected chi connectivity index (χ1v) is 11.7. The lowest BCUT2D eigenvalue weighted by Crippen LogP contribution is -1.97. The van der Waals surface area contributed by atoms with Crippen molar-refractivity contribution in [2.24, 2.45) is 0 Å². The summed E-state index contributed by atoms with van der Waals surface area (Å²) < 4.78 is 5.88. The normalized spacial score (nSPS) is 10.9. The molecule has 0 amide bonds. The van der Waals surface area contributed by atoms with Gasteiger partial charge in [-0.15, -0.1) is 12.6 Å². The average Bonchev–Trinajstić information content (AvgIpc) is 2.69. The van der Waals surface area contributed by atoms with E-state index >= 15 is 0 Å². The molecule has 148 valence electrons. The standard InChI is InChI=1S/C24H34OS2/c1-2-3-4-5-6-7-8-9-10-11-20-25-21-12-16-23(17-13-21)27-24-18-14-22(26)15-19-24/h12-19,26H,2-11,20H2,1H3. The third-order valence-corrected chi connectivity index (χ3v) is 5.98. The predicted molar refractivity (Wildman–Crippen MR) is 122 cm³/mol. The fourth-order valence-electron chi connectivity index (χ4n) is 3.03. The van der Waals surface area contributed by atoms with E-state index in [4.69, 9.17) is 4.74 Å². The first-order valence-electron chi connectivity index (χ1n) is 10.5. The Morgan fingerprint density at radius 1 is 0.667 bits per heavy atom. The van der Waals surface area contributed by atoms with Crippen LogP contribution in [-0.4, -0.2) is 6.61 Å². The summed E-state index contributed by atoms with van der Waals surface area (Å²) in [4.78, 5) is 3.45. The molecule has 0 N–H and O–H groups in total. The van der Waals surface area contributed by atoms with E-state index in [1.54, 1.807) is 11.8 Å². The van der Waals surface area contributed by atoms with Crippen molar-refractivity contribution in [3.05, 3.63) is 48.5 Å². The molecule has 0 aromatic heterocycles. The van der Waals surface area contributed by atoms with Crippen LogP contribution in [0, 0.1) is 0 Å². The highest BCUT2D eigenvalue weighted by Crippen LogP contribution is 2.29. The van der Waals surface area contributed by atoms with Crippen LogP contribution in [0.2, 0.25) is 0 Å². The molecule has 0 bridgehead atoms. The van der Waals surface area contributed by atoms with Crippen LogP contribution in [0.4, 0.5) is 0 Å². The van der Waals surface area contributed by atoms with Crippen LogP contribution in [0.25, 0.3) is 0 Å². The van der Waals surface area contributed by atoms with E-state index in [0.29, 0.717) is 0 Å². The fourth-order valence-corrected chi connectivity index (χ4v) is 4.00. The average molecular weight is 403 g/mol. The van der Waals surface area contributed by atoms with Crippen molar-refractivity contribution < 1.29 is 4.74 Å². The third-order valence-electron chi connectivity index (χ3n) is 4.66. The molecule has 0 atom stereocenters. The Balaban J connectivity index is 1.52. The second kappa shape index (κ2) is 14.0. The molecule has 0 spiro atoms. The molecule has 0 heterocycles. The molecule has 1 nitrogen and oxygen atoms in total. The number of rotatable bonds is 14. The van der Waals surface area contributed by atoms with Crippen molar-refractivity contribution in [1.82, 2.24) is 0 Å². The van der Waals surface area contributed by atoms with Gasteiger partial charge in [-0.1, -0.05) is 76.5 Å². The van der Waals surface area contributed by atoms with Crippen LogP contribution in [0.5, 0.6) is 5.75 Å². The molecule has 0 saturated heterocycles. The maximum absolute atomic E-state index is 5.88. The number of unbranched alkanes of at least 4 members (excludes halogenated alkanes) is 9. The summed E-state index contributed by atoms with van der Waals surface area (Å²) in [5, 5.41) is 0. The maximum atomic E-state index is 5.88. The lowest BCUT2D eigenvalue weighted by atomic mass is 10.1. The molecule has 0 saturated carbocycles. The van der Waals surface area contributed by atoms with Crippen molar-refractivity contribution in [2.45, 2.75) is 85.8 Å². The minimum Gasteiger partial charge on any atom is -0.494 e. The molecule has 2 aromatic rings. The van der Waals surface area contributed by atoms with Gasteiger partial charge in [-0.25, -0.2) is 0 Å². The van der Waals surface area contributed by atoms with Gasteiger partial charge >= 0.3 is 0 Å². The topological polar surface area (TPSA) is 9.23 Å². The van der Waals surface area contributed by atoms with Crippen LogP contribution in [0.1, 0.15) is 71.1 Å². The van der Waals surface area contributed by atoms with Crippen LogP contribution in [0.3, 0.4) is 0 Å². The van der Waals surface area contributed by atoms with Crippen LogP contribution < -0.4 is 4.74 Å². The van der Waals surface area contributed by atoms with Gasteiger partial charge in [0.2, 0.25) is 0 Å². The largest absolute Gasteiger partial charge is 0.494 e. The Labute approximate surface area is 175 Å². The molecule has 0 fully saturated rings. The van der Waals surface area contributed by atoms with E-state index in [1.165, 1.54) is 67.6 Å². The Kier molecular flexibility index (Phi) is 11.5. The van der Waals surface area contributed by atoms with Gasteiger partial charge in [-0.3, -0.25) is 0 Å². The van der Waals surface area contributed by atoms with Crippen LogP contribution in [0.15, 0.2) is 63.2 Å². The summed E-state index contributed by atoms with van der Waals surface area (Å²) in [5.41, 5.74) is 0. The fraction of sp³-hybridized carbons (Fsp3) is 0.500. The Hall–Kier alpha value is -1.06. The zero-order valence-electron chi connectivity index (χ0n) is 16.7. The first kappa shape index (κ1) is 22.2. The van der Waals surface area contributed by atoms with Gasteiger partial charge in [0.25, 0.3) is 0 Å². The van der Waals surface area contributed by atoms with Gasteiger partial charge in [0.15, 0.2) is 0 Å². The highest BCUT2D eigenvalue weighted by Gasteiger charge is 1.99. The monoisotopic (exact) mass is 402 g/mol. The predicted octanol–water partition coefficient (Wildman–Crippen LogP) is 8.43. The Morgan fingerprint density at radius 3 is 1.70 bits per heavy atom. The molecule has 0 radical (unpaired) electrons. The van der Waals surface area contributed by atoms with E-state index in [9.17, 15) is 0 Å². The lowest BCUT2D eigenvalue weighted by Gasteiger charge is -2.07. The first-order chi connectivity index (χ1) is 13.3. The van der Waals surface area contributed by atoms with Crippen molar-refractivity contribution in [2.75, 3.05) is 6.61 Å². The molecule has 2 rings (SSSR count). The van der Waals surface area contributed by atoms with Gasteiger partial charge in [-0.05, 0) is 55.0 Å². The van der Waals surface area contributed by atoms with Crippen molar-refractivity contribution in [3.63, 3.8) is 0 Å². The van der Waals surface area contributed by atoms with Crippen molar-refractivity contribution >= 4 is 24.4 Å². The smallest absolute Gasteiger partial charge is 0.119 e. The zero-order chi connectivity index (χ0) is 19.2. The van der Waals surface area contributed by atoms with Gasteiger partial charge < -0.3 is 4.74 Å². The molecule has 0 aliphatic carbocycles.